The topological polar surface area (TPSA) is 62.2 Å². The quantitative estimate of drug-likeness (QED) is 0.548. The highest BCUT2D eigenvalue weighted by Crippen LogP contribution is 2.47. The standard InChI is InChI=1S/C23H21N5S2/c1-15-22(30-23(26-15)28-21-8-4-5-11-25-21)18-14-20(16-9-12-24-13-10-16)29-19-7-3-2-6-17(19)27-18/h2-13,20,23,26H,14H2,1H3,(H,25,28). The molecule has 150 valence electrons. The zero-order valence-electron chi connectivity index (χ0n) is 16.4. The van der Waals surface area contributed by atoms with E-state index >= 15 is 0 Å². The van der Waals surface area contributed by atoms with E-state index < -0.39 is 0 Å². The molecule has 0 saturated heterocycles. The zero-order valence-corrected chi connectivity index (χ0v) is 18.1. The maximum Gasteiger partial charge on any atom is 0.151 e. The molecule has 2 unspecified atom stereocenters. The van der Waals surface area contributed by atoms with E-state index in [0.717, 1.165) is 29.3 Å². The summed E-state index contributed by atoms with van der Waals surface area (Å²) in [7, 11) is 0. The third kappa shape index (κ3) is 4.08. The average Bonchev–Trinajstić information content (AvgIpc) is 3.03. The highest BCUT2D eigenvalue weighted by Gasteiger charge is 2.29. The third-order valence-corrected chi connectivity index (χ3v) is 7.55. The number of hydrogen-bond acceptors (Lipinski definition) is 7. The van der Waals surface area contributed by atoms with Gasteiger partial charge in [-0.2, -0.15) is 0 Å². The highest BCUT2D eigenvalue weighted by molar-refractivity contribution is 8.05. The molecule has 2 atom stereocenters. The summed E-state index contributed by atoms with van der Waals surface area (Å²) < 4.78 is 0. The Labute approximate surface area is 184 Å². The second-order valence-corrected chi connectivity index (χ2v) is 9.43. The number of nitrogens with zero attached hydrogens (tertiary/aromatic N) is 3. The first-order valence-electron chi connectivity index (χ1n) is 9.81. The molecule has 5 nitrogen and oxygen atoms in total. The molecular weight excluding hydrogens is 410 g/mol. The first kappa shape index (κ1) is 19.2. The van der Waals surface area contributed by atoms with Gasteiger partial charge in [0.2, 0.25) is 0 Å². The van der Waals surface area contributed by atoms with Gasteiger partial charge >= 0.3 is 0 Å². The van der Waals surface area contributed by atoms with E-state index in [1.54, 1.807) is 18.0 Å². The number of para-hydroxylation sites is 1. The van der Waals surface area contributed by atoms with Gasteiger partial charge in [-0.1, -0.05) is 30.0 Å². The predicted molar refractivity (Wildman–Crippen MR) is 126 cm³/mol. The van der Waals surface area contributed by atoms with Crippen LogP contribution < -0.4 is 10.6 Å². The first-order valence-corrected chi connectivity index (χ1v) is 11.6. The van der Waals surface area contributed by atoms with E-state index in [2.05, 4.69) is 63.9 Å². The number of thioether (sulfide) groups is 2. The number of anilines is 1. The van der Waals surface area contributed by atoms with Crippen LogP contribution in [0.15, 0.2) is 93.7 Å². The van der Waals surface area contributed by atoms with Crippen molar-refractivity contribution in [2.45, 2.75) is 29.0 Å². The molecule has 3 aromatic rings. The van der Waals surface area contributed by atoms with Gasteiger partial charge in [-0.25, -0.2) is 4.98 Å². The Balaban J connectivity index is 1.44. The minimum atomic E-state index is 0.0307. The number of benzene rings is 1. The van der Waals surface area contributed by atoms with Crippen LogP contribution in [0.4, 0.5) is 11.5 Å². The van der Waals surface area contributed by atoms with Crippen LogP contribution >= 0.6 is 23.5 Å². The van der Waals surface area contributed by atoms with Crippen molar-refractivity contribution >= 4 is 40.7 Å². The molecule has 7 heteroatoms. The monoisotopic (exact) mass is 431 g/mol. The van der Waals surface area contributed by atoms with Crippen LogP contribution in [0.3, 0.4) is 0 Å². The SMILES string of the molecule is CC1=C(C2=Nc3ccccc3SC(c3ccncc3)C2)SC(Nc2ccccn2)N1. The Bertz CT molecular complexity index is 1100. The van der Waals surface area contributed by atoms with Gasteiger partial charge in [0, 0.05) is 40.9 Å². The number of aliphatic imine (C=N–C) groups is 1. The van der Waals surface area contributed by atoms with Crippen LogP contribution in [0.2, 0.25) is 0 Å². The highest BCUT2D eigenvalue weighted by atomic mass is 32.2. The maximum absolute atomic E-state index is 5.11. The smallest absolute Gasteiger partial charge is 0.151 e. The molecule has 0 radical (unpaired) electrons. The summed E-state index contributed by atoms with van der Waals surface area (Å²) in [6.45, 7) is 2.12. The summed E-state index contributed by atoms with van der Waals surface area (Å²) in [5.74, 6) is 0.856. The van der Waals surface area contributed by atoms with E-state index in [4.69, 9.17) is 4.99 Å². The minimum absolute atomic E-state index is 0.0307. The van der Waals surface area contributed by atoms with Gasteiger partial charge in [0.1, 0.15) is 5.82 Å². The van der Waals surface area contributed by atoms with Crippen molar-refractivity contribution in [1.82, 2.24) is 15.3 Å². The molecule has 0 aliphatic carbocycles. The molecule has 0 bridgehead atoms. The molecule has 2 N–H and O–H groups in total. The number of allylic oxidation sites excluding steroid dienone is 2. The number of fused-ring (bicyclic) bond motifs is 1. The number of rotatable bonds is 4. The summed E-state index contributed by atoms with van der Waals surface area (Å²) >= 11 is 3.64. The van der Waals surface area contributed by atoms with Gasteiger partial charge in [0.05, 0.1) is 16.3 Å². The summed E-state index contributed by atoms with van der Waals surface area (Å²) in [6, 6.07) is 18.5. The molecular formula is C23H21N5S2. The van der Waals surface area contributed by atoms with E-state index in [1.165, 1.54) is 15.4 Å². The number of nitrogens with one attached hydrogen (secondary N) is 2. The van der Waals surface area contributed by atoms with Gasteiger partial charge in [-0.3, -0.25) is 9.98 Å². The Kier molecular flexibility index (Phi) is 5.46. The van der Waals surface area contributed by atoms with Crippen molar-refractivity contribution in [1.29, 1.82) is 0 Å². The Morgan fingerprint density at radius 2 is 1.80 bits per heavy atom. The Morgan fingerprint density at radius 1 is 0.967 bits per heavy atom. The van der Waals surface area contributed by atoms with Crippen LogP contribution in [0.1, 0.15) is 24.2 Å². The molecule has 4 heterocycles. The van der Waals surface area contributed by atoms with Gasteiger partial charge < -0.3 is 10.6 Å². The van der Waals surface area contributed by atoms with Crippen molar-refractivity contribution in [2.75, 3.05) is 5.32 Å². The molecule has 0 amide bonds. The molecule has 0 fully saturated rings. The number of aromatic nitrogens is 2. The summed E-state index contributed by atoms with van der Waals surface area (Å²) in [5.41, 5.74) is 4.61. The molecule has 0 spiro atoms. The normalized spacial score (nSPS) is 20.8. The number of hydrogen-bond donors (Lipinski definition) is 2. The Morgan fingerprint density at radius 3 is 2.63 bits per heavy atom. The lowest BCUT2D eigenvalue weighted by Crippen LogP contribution is -2.28. The second kappa shape index (κ2) is 8.53. The minimum Gasteiger partial charge on any atom is -0.359 e. The van der Waals surface area contributed by atoms with Gasteiger partial charge in [-0.05, 0) is 48.9 Å². The first-order chi connectivity index (χ1) is 14.8. The molecule has 2 aliphatic rings. The van der Waals surface area contributed by atoms with E-state index in [0.29, 0.717) is 5.25 Å². The lowest BCUT2D eigenvalue weighted by atomic mass is 10.1. The largest absolute Gasteiger partial charge is 0.359 e. The number of pyridine rings is 2. The fraction of sp³-hybridized carbons (Fsp3) is 0.174. The van der Waals surface area contributed by atoms with Crippen LogP contribution in [-0.4, -0.2) is 21.2 Å². The van der Waals surface area contributed by atoms with E-state index in [9.17, 15) is 0 Å². The molecule has 2 aliphatic heterocycles. The fourth-order valence-electron chi connectivity index (χ4n) is 3.55. The molecule has 30 heavy (non-hydrogen) atoms. The molecule has 5 rings (SSSR count). The van der Waals surface area contributed by atoms with Crippen molar-refractivity contribution < 1.29 is 0 Å². The third-order valence-electron chi connectivity index (χ3n) is 4.98. The molecule has 1 aromatic carbocycles. The molecule has 0 saturated carbocycles. The average molecular weight is 432 g/mol. The maximum atomic E-state index is 5.11. The summed E-state index contributed by atoms with van der Waals surface area (Å²) in [4.78, 5) is 16.1. The van der Waals surface area contributed by atoms with Crippen molar-refractivity contribution in [2.24, 2.45) is 4.99 Å². The zero-order chi connectivity index (χ0) is 20.3. The van der Waals surface area contributed by atoms with Gasteiger partial charge in [-0.15, -0.1) is 11.8 Å². The summed E-state index contributed by atoms with van der Waals surface area (Å²) in [6.07, 6.45) is 6.40. The summed E-state index contributed by atoms with van der Waals surface area (Å²) in [5, 5.41) is 7.28. The van der Waals surface area contributed by atoms with Gasteiger partial charge in [0.25, 0.3) is 0 Å². The van der Waals surface area contributed by atoms with Gasteiger partial charge in [0.15, 0.2) is 5.50 Å². The van der Waals surface area contributed by atoms with Crippen LogP contribution in [0, 0.1) is 0 Å². The van der Waals surface area contributed by atoms with Crippen LogP contribution in [0.25, 0.3) is 0 Å². The Hall–Kier alpha value is -2.77. The van der Waals surface area contributed by atoms with E-state index in [-0.39, 0.29) is 5.50 Å². The van der Waals surface area contributed by atoms with Crippen molar-refractivity contribution in [3.63, 3.8) is 0 Å². The fourth-order valence-corrected chi connectivity index (χ4v) is 5.93. The van der Waals surface area contributed by atoms with E-state index in [1.807, 2.05) is 42.4 Å². The molecule has 2 aromatic heterocycles. The van der Waals surface area contributed by atoms with Crippen molar-refractivity contribution in [3.8, 4) is 0 Å². The second-order valence-electron chi connectivity index (χ2n) is 7.07. The van der Waals surface area contributed by atoms with Crippen LogP contribution in [-0.2, 0) is 0 Å². The lowest BCUT2D eigenvalue weighted by molar-refractivity contribution is 0.827. The predicted octanol–water partition coefficient (Wildman–Crippen LogP) is 5.75. The van der Waals surface area contributed by atoms with Crippen molar-refractivity contribution in [3.05, 3.63) is 89.4 Å². The lowest BCUT2D eigenvalue weighted by Gasteiger charge is -2.16. The van der Waals surface area contributed by atoms with Crippen LogP contribution in [0.5, 0.6) is 0 Å².